The Morgan fingerprint density at radius 2 is 2.09 bits per heavy atom. The number of nitrogens with two attached hydrogens (primary N) is 1. The average molecular weight is 315 g/mol. The zero-order valence-electron chi connectivity index (χ0n) is 14.1. The molecule has 1 amide bonds. The Morgan fingerprint density at radius 3 is 2.83 bits per heavy atom. The van der Waals surface area contributed by atoms with Gasteiger partial charge in [-0.2, -0.15) is 0 Å². The van der Waals surface area contributed by atoms with Crippen LogP contribution in [0.15, 0.2) is 30.3 Å². The molecule has 3 rings (SSSR count). The summed E-state index contributed by atoms with van der Waals surface area (Å²) in [6.07, 6.45) is 4.29. The number of hydrogen-bond acceptors (Lipinski definition) is 3. The summed E-state index contributed by atoms with van der Waals surface area (Å²) in [6, 6.07) is 11.3. The van der Waals surface area contributed by atoms with Crippen molar-refractivity contribution in [3.63, 3.8) is 0 Å². The Balaban J connectivity index is 1.53. The van der Waals surface area contributed by atoms with Crippen LogP contribution >= 0.6 is 0 Å². The van der Waals surface area contributed by atoms with Gasteiger partial charge in [-0.05, 0) is 44.2 Å². The highest BCUT2D eigenvalue weighted by molar-refractivity contribution is 5.79. The molecule has 3 N–H and O–H groups in total. The van der Waals surface area contributed by atoms with Crippen LogP contribution in [0.25, 0.3) is 0 Å². The number of hydrogen-bond donors (Lipinski definition) is 2. The van der Waals surface area contributed by atoms with Crippen molar-refractivity contribution < 1.29 is 4.79 Å². The van der Waals surface area contributed by atoms with E-state index in [1.165, 1.54) is 5.56 Å². The van der Waals surface area contributed by atoms with Crippen LogP contribution in [0.3, 0.4) is 0 Å². The molecule has 0 bridgehead atoms. The summed E-state index contributed by atoms with van der Waals surface area (Å²) in [7, 11) is 0. The minimum absolute atomic E-state index is 0.137. The number of benzene rings is 1. The first-order valence-electron chi connectivity index (χ1n) is 8.95. The summed E-state index contributed by atoms with van der Waals surface area (Å²) in [4.78, 5) is 15.0. The van der Waals surface area contributed by atoms with Gasteiger partial charge in [0.2, 0.25) is 5.91 Å². The van der Waals surface area contributed by atoms with Crippen molar-refractivity contribution in [2.45, 2.75) is 51.2 Å². The standard InChI is InChI=1S/C19H29N3O/c1-14-10-17(13-22(14)12-15-6-3-2-4-7-15)21-19(23)18-9-5-8-16(18)11-20/h2-4,6-7,14,16-18H,5,8-13,20H2,1H3,(H,21,23)/t14?,16-,17?,18-/m1/s1. The van der Waals surface area contributed by atoms with Crippen LogP contribution in [0.5, 0.6) is 0 Å². The van der Waals surface area contributed by atoms with E-state index in [-0.39, 0.29) is 17.9 Å². The van der Waals surface area contributed by atoms with Gasteiger partial charge >= 0.3 is 0 Å². The van der Waals surface area contributed by atoms with Crippen LogP contribution in [0.2, 0.25) is 0 Å². The third kappa shape index (κ3) is 3.93. The number of carbonyl (C=O) groups excluding carboxylic acids is 1. The van der Waals surface area contributed by atoms with E-state index in [4.69, 9.17) is 5.73 Å². The van der Waals surface area contributed by atoms with E-state index in [1.54, 1.807) is 0 Å². The molecular weight excluding hydrogens is 286 g/mol. The van der Waals surface area contributed by atoms with E-state index in [0.717, 1.165) is 38.8 Å². The van der Waals surface area contributed by atoms with Crippen molar-refractivity contribution in [1.82, 2.24) is 10.2 Å². The Kier molecular flexibility index (Phi) is 5.34. The van der Waals surface area contributed by atoms with Crippen molar-refractivity contribution in [2.75, 3.05) is 13.1 Å². The number of rotatable bonds is 5. The van der Waals surface area contributed by atoms with Crippen LogP contribution in [0.4, 0.5) is 0 Å². The van der Waals surface area contributed by atoms with Gasteiger partial charge in [-0.15, -0.1) is 0 Å². The zero-order valence-corrected chi connectivity index (χ0v) is 14.1. The molecule has 1 saturated carbocycles. The maximum Gasteiger partial charge on any atom is 0.223 e. The minimum atomic E-state index is 0.137. The fourth-order valence-corrected chi connectivity index (χ4v) is 4.21. The second-order valence-corrected chi connectivity index (χ2v) is 7.24. The maximum absolute atomic E-state index is 12.6. The van der Waals surface area contributed by atoms with Crippen LogP contribution in [0, 0.1) is 11.8 Å². The molecule has 2 unspecified atom stereocenters. The van der Waals surface area contributed by atoms with Crippen LogP contribution in [-0.4, -0.2) is 36.0 Å². The van der Waals surface area contributed by atoms with Crippen molar-refractivity contribution >= 4 is 5.91 Å². The molecule has 1 aliphatic heterocycles. The normalized spacial score (nSPS) is 31.4. The molecule has 0 aromatic heterocycles. The molecule has 4 heteroatoms. The quantitative estimate of drug-likeness (QED) is 0.875. The van der Waals surface area contributed by atoms with Gasteiger partial charge in [0.05, 0.1) is 0 Å². The number of nitrogens with zero attached hydrogens (tertiary/aromatic N) is 1. The highest BCUT2D eigenvalue weighted by Gasteiger charge is 2.35. The molecule has 23 heavy (non-hydrogen) atoms. The van der Waals surface area contributed by atoms with Crippen molar-refractivity contribution in [2.24, 2.45) is 17.6 Å². The maximum atomic E-state index is 12.6. The predicted molar refractivity (Wildman–Crippen MR) is 92.7 cm³/mol. The first-order chi connectivity index (χ1) is 11.2. The number of amides is 1. The van der Waals surface area contributed by atoms with Crippen molar-refractivity contribution in [1.29, 1.82) is 0 Å². The van der Waals surface area contributed by atoms with Gasteiger partial charge in [-0.3, -0.25) is 9.69 Å². The smallest absolute Gasteiger partial charge is 0.223 e. The Labute approximate surface area is 139 Å². The van der Waals surface area contributed by atoms with Gasteiger partial charge in [0.25, 0.3) is 0 Å². The molecule has 4 nitrogen and oxygen atoms in total. The molecule has 2 aliphatic rings. The Bertz CT molecular complexity index is 519. The minimum Gasteiger partial charge on any atom is -0.352 e. The third-order valence-electron chi connectivity index (χ3n) is 5.58. The van der Waals surface area contributed by atoms with E-state index >= 15 is 0 Å². The molecule has 126 valence electrons. The van der Waals surface area contributed by atoms with Gasteiger partial charge in [0.15, 0.2) is 0 Å². The lowest BCUT2D eigenvalue weighted by Crippen LogP contribution is -2.42. The van der Waals surface area contributed by atoms with E-state index in [1.807, 2.05) is 0 Å². The largest absolute Gasteiger partial charge is 0.352 e. The summed E-state index contributed by atoms with van der Waals surface area (Å²) in [6.45, 7) is 4.80. The summed E-state index contributed by atoms with van der Waals surface area (Å²) in [5.41, 5.74) is 7.15. The predicted octanol–water partition coefficient (Wildman–Crippen LogP) is 2.14. The molecule has 1 aliphatic carbocycles. The number of likely N-dealkylation sites (tertiary alicyclic amines) is 1. The molecule has 0 radical (unpaired) electrons. The molecular formula is C19H29N3O. The SMILES string of the molecule is CC1CC(NC(=O)[C@@H]2CCC[C@@H]2CN)CN1Cc1ccccc1. The highest BCUT2D eigenvalue weighted by atomic mass is 16.2. The summed E-state index contributed by atoms with van der Waals surface area (Å²) in [5, 5.41) is 3.30. The first kappa shape index (κ1) is 16.5. The molecule has 1 aromatic rings. The topological polar surface area (TPSA) is 58.4 Å². The van der Waals surface area contributed by atoms with Crippen LogP contribution in [0.1, 0.15) is 38.2 Å². The summed E-state index contributed by atoms with van der Waals surface area (Å²) >= 11 is 0. The first-order valence-corrected chi connectivity index (χ1v) is 8.95. The fourth-order valence-electron chi connectivity index (χ4n) is 4.21. The number of nitrogens with one attached hydrogen (secondary N) is 1. The fraction of sp³-hybridized carbons (Fsp3) is 0.632. The molecule has 2 fully saturated rings. The lowest BCUT2D eigenvalue weighted by molar-refractivity contribution is -0.126. The lowest BCUT2D eigenvalue weighted by Gasteiger charge is -2.22. The Morgan fingerprint density at radius 1 is 1.30 bits per heavy atom. The zero-order chi connectivity index (χ0) is 16.2. The van der Waals surface area contributed by atoms with E-state index in [0.29, 0.717) is 18.5 Å². The van der Waals surface area contributed by atoms with E-state index in [2.05, 4.69) is 47.5 Å². The molecule has 4 atom stereocenters. The van der Waals surface area contributed by atoms with E-state index in [9.17, 15) is 4.79 Å². The monoisotopic (exact) mass is 315 g/mol. The van der Waals surface area contributed by atoms with Gasteiger partial charge in [0.1, 0.15) is 0 Å². The third-order valence-corrected chi connectivity index (χ3v) is 5.58. The second-order valence-electron chi connectivity index (χ2n) is 7.24. The van der Waals surface area contributed by atoms with Crippen LogP contribution in [-0.2, 0) is 11.3 Å². The van der Waals surface area contributed by atoms with Crippen molar-refractivity contribution in [3.05, 3.63) is 35.9 Å². The summed E-state index contributed by atoms with van der Waals surface area (Å²) < 4.78 is 0. The molecule has 1 saturated heterocycles. The van der Waals surface area contributed by atoms with Crippen molar-refractivity contribution in [3.8, 4) is 0 Å². The van der Waals surface area contributed by atoms with Gasteiger partial charge < -0.3 is 11.1 Å². The molecule has 0 spiro atoms. The average Bonchev–Trinajstić information content (AvgIpc) is 3.15. The van der Waals surface area contributed by atoms with Gasteiger partial charge in [-0.1, -0.05) is 36.8 Å². The summed E-state index contributed by atoms with van der Waals surface area (Å²) in [5.74, 6) is 0.754. The Hall–Kier alpha value is -1.39. The molecule has 1 heterocycles. The number of carbonyl (C=O) groups is 1. The highest BCUT2D eigenvalue weighted by Crippen LogP contribution is 2.31. The van der Waals surface area contributed by atoms with Gasteiger partial charge in [-0.25, -0.2) is 0 Å². The van der Waals surface area contributed by atoms with Crippen LogP contribution < -0.4 is 11.1 Å². The van der Waals surface area contributed by atoms with E-state index < -0.39 is 0 Å². The van der Waals surface area contributed by atoms with Gasteiger partial charge in [0, 0.05) is 31.1 Å². The molecule has 1 aromatic carbocycles. The lowest BCUT2D eigenvalue weighted by atomic mass is 9.95. The second kappa shape index (κ2) is 7.45.